The molecule has 1 amide bonds. The molecule has 1 aliphatic rings. The number of rotatable bonds is 2. The number of halogens is 1. The van der Waals surface area contributed by atoms with E-state index in [1.165, 1.54) is 11.1 Å². The van der Waals surface area contributed by atoms with Gasteiger partial charge in [0.2, 0.25) is 5.91 Å². The van der Waals surface area contributed by atoms with E-state index in [2.05, 4.69) is 16.7 Å². The number of hydrogen-bond donors (Lipinski definition) is 2. The molecular formula is C12H17ClN2OS. The van der Waals surface area contributed by atoms with Crippen LogP contribution in [0.4, 0.5) is 5.69 Å². The summed E-state index contributed by atoms with van der Waals surface area (Å²) in [6.07, 6.45) is 0. The number of hydrogen-bond acceptors (Lipinski definition) is 3. The van der Waals surface area contributed by atoms with Gasteiger partial charge in [-0.15, -0.1) is 24.2 Å². The Kier molecular flexibility index (Phi) is 5.31. The maximum atomic E-state index is 11.9. The SMILES string of the molecule is Cc1cc(C)cc(NC(=O)C2CSCN2)c1.Cl. The molecule has 1 saturated heterocycles. The molecule has 0 aliphatic carbocycles. The van der Waals surface area contributed by atoms with E-state index in [0.29, 0.717) is 0 Å². The van der Waals surface area contributed by atoms with Gasteiger partial charge in [0.1, 0.15) is 0 Å². The number of amides is 1. The zero-order valence-corrected chi connectivity index (χ0v) is 11.6. The van der Waals surface area contributed by atoms with Crippen LogP contribution in [0.25, 0.3) is 0 Å². The average molecular weight is 273 g/mol. The third-order valence-electron chi connectivity index (χ3n) is 2.52. The first kappa shape index (κ1) is 14.4. The number of benzene rings is 1. The van der Waals surface area contributed by atoms with Crippen LogP contribution in [0.2, 0.25) is 0 Å². The van der Waals surface area contributed by atoms with Gasteiger partial charge in [-0.05, 0) is 37.1 Å². The van der Waals surface area contributed by atoms with E-state index in [4.69, 9.17) is 0 Å². The highest BCUT2D eigenvalue weighted by atomic mass is 35.5. The van der Waals surface area contributed by atoms with Crippen molar-refractivity contribution in [2.75, 3.05) is 16.9 Å². The fourth-order valence-corrected chi connectivity index (χ4v) is 2.78. The van der Waals surface area contributed by atoms with E-state index in [-0.39, 0.29) is 24.4 Å². The van der Waals surface area contributed by atoms with Crippen LogP contribution in [0.5, 0.6) is 0 Å². The van der Waals surface area contributed by atoms with E-state index in [0.717, 1.165) is 17.3 Å². The molecule has 1 atom stereocenters. The molecule has 1 aromatic rings. The molecule has 17 heavy (non-hydrogen) atoms. The lowest BCUT2D eigenvalue weighted by atomic mass is 10.1. The number of carbonyl (C=O) groups excluding carboxylic acids is 1. The molecule has 0 radical (unpaired) electrons. The van der Waals surface area contributed by atoms with Crippen molar-refractivity contribution < 1.29 is 4.79 Å². The van der Waals surface area contributed by atoms with Gasteiger partial charge < -0.3 is 5.32 Å². The molecule has 0 bridgehead atoms. The minimum Gasteiger partial charge on any atom is -0.325 e. The first-order valence-corrected chi connectivity index (χ1v) is 6.51. The molecule has 2 rings (SSSR count). The van der Waals surface area contributed by atoms with E-state index in [9.17, 15) is 4.79 Å². The van der Waals surface area contributed by atoms with Gasteiger partial charge in [-0.3, -0.25) is 10.1 Å². The smallest absolute Gasteiger partial charge is 0.242 e. The predicted molar refractivity (Wildman–Crippen MR) is 76.0 cm³/mol. The summed E-state index contributed by atoms with van der Waals surface area (Å²) in [6.45, 7) is 4.07. The monoisotopic (exact) mass is 272 g/mol. The normalized spacial score (nSPS) is 18.6. The topological polar surface area (TPSA) is 41.1 Å². The molecule has 1 aromatic carbocycles. The third kappa shape index (κ3) is 3.91. The first-order valence-electron chi connectivity index (χ1n) is 5.35. The fourth-order valence-electron chi connectivity index (χ4n) is 1.84. The quantitative estimate of drug-likeness (QED) is 0.868. The van der Waals surface area contributed by atoms with Crippen molar-refractivity contribution >= 4 is 35.8 Å². The number of aryl methyl sites for hydroxylation is 2. The summed E-state index contributed by atoms with van der Waals surface area (Å²) in [6, 6.07) is 6.03. The third-order valence-corrected chi connectivity index (χ3v) is 3.46. The summed E-state index contributed by atoms with van der Waals surface area (Å²) in [5, 5.41) is 6.11. The minimum atomic E-state index is -0.0502. The molecule has 2 N–H and O–H groups in total. The van der Waals surface area contributed by atoms with Gasteiger partial charge in [0.25, 0.3) is 0 Å². The molecule has 0 saturated carbocycles. The van der Waals surface area contributed by atoms with Crippen molar-refractivity contribution in [3.05, 3.63) is 29.3 Å². The van der Waals surface area contributed by atoms with Gasteiger partial charge in [0.15, 0.2) is 0 Å². The van der Waals surface area contributed by atoms with Crippen molar-refractivity contribution in [3.63, 3.8) is 0 Å². The molecule has 1 unspecified atom stereocenters. The minimum absolute atomic E-state index is 0. The number of carbonyl (C=O) groups is 1. The van der Waals surface area contributed by atoms with Crippen LogP contribution in [-0.2, 0) is 4.79 Å². The Morgan fingerprint density at radius 2 is 2.00 bits per heavy atom. The molecule has 3 nitrogen and oxygen atoms in total. The van der Waals surface area contributed by atoms with Gasteiger partial charge >= 0.3 is 0 Å². The van der Waals surface area contributed by atoms with E-state index in [1.54, 1.807) is 11.8 Å². The fraction of sp³-hybridized carbons (Fsp3) is 0.417. The predicted octanol–water partition coefficient (Wildman–Crippen LogP) is 2.33. The average Bonchev–Trinajstić information content (AvgIpc) is 2.68. The zero-order chi connectivity index (χ0) is 11.5. The Bertz CT molecular complexity index is 385. The second-order valence-corrected chi connectivity index (χ2v) is 5.17. The van der Waals surface area contributed by atoms with Crippen molar-refractivity contribution in [1.82, 2.24) is 5.32 Å². The van der Waals surface area contributed by atoms with E-state index < -0.39 is 0 Å². The Hall–Kier alpha value is -0.710. The van der Waals surface area contributed by atoms with Gasteiger partial charge in [0.05, 0.1) is 6.04 Å². The van der Waals surface area contributed by atoms with E-state index >= 15 is 0 Å². The Morgan fingerprint density at radius 3 is 2.53 bits per heavy atom. The largest absolute Gasteiger partial charge is 0.325 e. The first-order chi connectivity index (χ1) is 7.65. The maximum absolute atomic E-state index is 11.9. The molecule has 5 heteroatoms. The molecule has 1 fully saturated rings. The molecular weight excluding hydrogens is 256 g/mol. The van der Waals surface area contributed by atoms with Crippen molar-refractivity contribution in [3.8, 4) is 0 Å². The molecule has 94 valence electrons. The van der Waals surface area contributed by atoms with Crippen LogP contribution in [-0.4, -0.2) is 23.6 Å². The molecule has 1 aliphatic heterocycles. The number of nitrogens with one attached hydrogen (secondary N) is 2. The second-order valence-electron chi connectivity index (χ2n) is 4.14. The van der Waals surface area contributed by atoms with Crippen LogP contribution < -0.4 is 10.6 Å². The van der Waals surface area contributed by atoms with Crippen LogP contribution in [0.15, 0.2) is 18.2 Å². The van der Waals surface area contributed by atoms with E-state index in [1.807, 2.05) is 26.0 Å². The summed E-state index contributed by atoms with van der Waals surface area (Å²) in [5.41, 5.74) is 3.23. The molecule has 1 heterocycles. The second kappa shape index (κ2) is 6.28. The van der Waals surface area contributed by atoms with Gasteiger partial charge in [-0.2, -0.15) is 0 Å². The highest BCUT2D eigenvalue weighted by Gasteiger charge is 2.22. The van der Waals surface area contributed by atoms with Crippen LogP contribution in [0.1, 0.15) is 11.1 Å². The number of thioether (sulfide) groups is 1. The summed E-state index contributed by atoms with van der Waals surface area (Å²) in [4.78, 5) is 11.9. The summed E-state index contributed by atoms with van der Waals surface area (Å²) in [7, 11) is 0. The lowest BCUT2D eigenvalue weighted by molar-refractivity contribution is -0.117. The van der Waals surface area contributed by atoms with Gasteiger partial charge in [0, 0.05) is 17.3 Å². The highest BCUT2D eigenvalue weighted by molar-refractivity contribution is 7.99. The van der Waals surface area contributed by atoms with Crippen LogP contribution in [0.3, 0.4) is 0 Å². The summed E-state index contributed by atoms with van der Waals surface area (Å²) >= 11 is 1.76. The Morgan fingerprint density at radius 1 is 1.35 bits per heavy atom. The zero-order valence-electron chi connectivity index (χ0n) is 9.95. The molecule has 0 spiro atoms. The lowest BCUT2D eigenvalue weighted by Gasteiger charge is -2.11. The maximum Gasteiger partial charge on any atom is 0.242 e. The van der Waals surface area contributed by atoms with Crippen molar-refractivity contribution in [2.45, 2.75) is 19.9 Å². The summed E-state index contributed by atoms with van der Waals surface area (Å²) in [5.74, 6) is 1.79. The lowest BCUT2D eigenvalue weighted by Crippen LogP contribution is -2.37. The van der Waals surface area contributed by atoms with Crippen molar-refractivity contribution in [2.24, 2.45) is 0 Å². The Labute approximate surface area is 112 Å². The Balaban J connectivity index is 0.00000144. The van der Waals surface area contributed by atoms with Gasteiger partial charge in [-0.1, -0.05) is 6.07 Å². The highest BCUT2D eigenvalue weighted by Crippen LogP contribution is 2.16. The van der Waals surface area contributed by atoms with Crippen LogP contribution in [0, 0.1) is 13.8 Å². The number of anilines is 1. The molecule has 0 aromatic heterocycles. The summed E-state index contributed by atoms with van der Waals surface area (Å²) < 4.78 is 0. The van der Waals surface area contributed by atoms with Crippen molar-refractivity contribution in [1.29, 1.82) is 0 Å². The standard InChI is InChI=1S/C12H16N2OS.ClH/c1-8-3-9(2)5-10(4-8)14-12(15)11-6-16-7-13-11;/h3-5,11,13H,6-7H2,1-2H3,(H,14,15);1H. The van der Waals surface area contributed by atoms with Gasteiger partial charge in [-0.25, -0.2) is 0 Å². The van der Waals surface area contributed by atoms with Crippen LogP contribution >= 0.6 is 24.2 Å².